The molecule has 1 atom stereocenters. The van der Waals surface area contributed by atoms with Crippen LogP contribution in [0.15, 0.2) is 30.3 Å². The van der Waals surface area contributed by atoms with Crippen LogP contribution in [0.1, 0.15) is 6.92 Å². The lowest BCUT2D eigenvalue weighted by molar-refractivity contribution is 0.695. The lowest BCUT2D eigenvalue weighted by Gasteiger charge is -2.25. The predicted molar refractivity (Wildman–Crippen MR) is 53.4 cm³/mol. The largest absolute Gasteiger partial charge is 0.371 e. The van der Waals surface area contributed by atoms with Crippen LogP contribution >= 0.6 is 0 Å². The van der Waals surface area contributed by atoms with Crippen molar-refractivity contribution in [3.05, 3.63) is 30.3 Å². The van der Waals surface area contributed by atoms with Crippen molar-refractivity contribution in [3.8, 4) is 0 Å². The van der Waals surface area contributed by atoms with Crippen molar-refractivity contribution >= 4 is 5.69 Å². The van der Waals surface area contributed by atoms with E-state index in [2.05, 4.69) is 31.0 Å². The first-order valence-corrected chi connectivity index (χ1v) is 4.23. The topological polar surface area (TPSA) is 29.3 Å². The average molecular weight is 164 g/mol. The highest BCUT2D eigenvalue weighted by Gasteiger charge is 2.05. The van der Waals surface area contributed by atoms with Gasteiger partial charge in [0.1, 0.15) is 0 Å². The highest BCUT2D eigenvalue weighted by atomic mass is 15.1. The second-order valence-electron chi connectivity index (χ2n) is 3.03. The summed E-state index contributed by atoms with van der Waals surface area (Å²) in [6.07, 6.45) is 0. The van der Waals surface area contributed by atoms with E-state index in [0.717, 1.165) is 0 Å². The first-order chi connectivity index (χ1) is 5.75. The Morgan fingerprint density at radius 2 is 1.92 bits per heavy atom. The molecule has 0 saturated heterocycles. The molecule has 0 heterocycles. The maximum absolute atomic E-state index is 5.57. The van der Waals surface area contributed by atoms with Crippen LogP contribution in [-0.2, 0) is 0 Å². The molecule has 1 aromatic rings. The second kappa shape index (κ2) is 4.12. The minimum absolute atomic E-state index is 0.396. The molecule has 0 aliphatic heterocycles. The fourth-order valence-corrected chi connectivity index (χ4v) is 1.08. The predicted octanol–water partition coefficient (Wildman–Crippen LogP) is 1.47. The van der Waals surface area contributed by atoms with E-state index in [-0.39, 0.29) is 0 Å². The summed E-state index contributed by atoms with van der Waals surface area (Å²) in [4.78, 5) is 2.18. The Labute approximate surface area is 74.0 Å². The van der Waals surface area contributed by atoms with Crippen molar-refractivity contribution in [2.75, 3.05) is 18.5 Å². The smallest absolute Gasteiger partial charge is 0.0380 e. The first kappa shape index (κ1) is 9.07. The lowest BCUT2D eigenvalue weighted by Crippen LogP contribution is -2.35. The van der Waals surface area contributed by atoms with Gasteiger partial charge in [0.25, 0.3) is 0 Å². The molecule has 2 N–H and O–H groups in total. The summed E-state index contributed by atoms with van der Waals surface area (Å²) in [5, 5.41) is 0. The van der Waals surface area contributed by atoms with E-state index in [1.807, 2.05) is 18.2 Å². The number of nitrogens with zero attached hydrogens (tertiary/aromatic N) is 1. The Hall–Kier alpha value is -1.02. The Balaban J connectivity index is 2.71. The summed E-state index contributed by atoms with van der Waals surface area (Å²) in [5.74, 6) is 0. The third-order valence-corrected chi connectivity index (χ3v) is 2.17. The lowest BCUT2D eigenvalue weighted by atomic mass is 10.2. The molecule has 0 aromatic heterocycles. The highest BCUT2D eigenvalue weighted by molar-refractivity contribution is 5.45. The molecule has 0 amide bonds. The molecule has 0 aliphatic carbocycles. The van der Waals surface area contributed by atoms with E-state index >= 15 is 0 Å². The van der Waals surface area contributed by atoms with Gasteiger partial charge >= 0.3 is 0 Å². The summed E-state index contributed by atoms with van der Waals surface area (Å²) >= 11 is 0. The normalized spacial score (nSPS) is 12.6. The van der Waals surface area contributed by atoms with Crippen LogP contribution in [0, 0.1) is 0 Å². The summed E-state index contributed by atoms with van der Waals surface area (Å²) in [7, 11) is 2.06. The van der Waals surface area contributed by atoms with E-state index in [9.17, 15) is 0 Å². The van der Waals surface area contributed by atoms with Crippen molar-refractivity contribution < 1.29 is 0 Å². The van der Waals surface area contributed by atoms with Gasteiger partial charge in [-0.15, -0.1) is 0 Å². The zero-order valence-corrected chi connectivity index (χ0v) is 7.70. The molecule has 0 bridgehead atoms. The molecular weight excluding hydrogens is 148 g/mol. The van der Waals surface area contributed by atoms with Gasteiger partial charge in [0.15, 0.2) is 0 Å². The van der Waals surface area contributed by atoms with Crippen LogP contribution in [0.3, 0.4) is 0 Å². The van der Waals surface area contributed by atoms with Crippen molar-refractivity contribution in [1.29, 1.82) is 0 Å². The zero-order valence-electron chi connectivity index (χ0n) is 7.70. The molecule has 1 rings (SSSR count). The first-order valence-electron chi connectivity index (χ1n) is 4.23. The number of para-hydroxylation sites is 1. The van der Waals surface area contributed by atoms with Crippen molar-refractivity contribution in [2.45, 2.75) is 13.0 Å². The van der Waals surface area contributed by atoms with Crippen LogP contribution in [-0.4, -0.2) is 19.6 Å². The van der Waals surface area contributed by atoms with E-state index in [0.29, 0.717) is 12.6 Å². The standard InChI is InChI=1S/C10H16N2/c1-9(8-11)12(2)10-6-4-3-5-7-10/h3-7,9H,8,11H2,1-2H3/t9-/m0/s1. The van der Waals surface area contributed by atoms with Gasteiger partial charge in [-0.25, -0.2) is 0 Å². The van der Waals surface area contributed by atoms with Crippen molar-refractivity contribution in [1.82, 2.24) is 0 Å². The van der Waals surface area contributed by atoms with E-state index in [1.54, 1.807) is 0 Å². The summed E-state index contributed by atoms with van der Waals surface area (Å²) in [6, 6.07) is 10.7. The van der Waals surface area contributed by atoms with Crippen LogP contribution in [0.25, 0.3) is 0 Å². The van der Waals surface area contributed by atoms with Crippen LogP contribution in [0.5, 0.6) is 0 Å². The Kier molecular flexibility index (Phi) is 3.11. The fourth-order valence-electron chi connectivity index (χ4n) is 1.08. The Bertz CT molecular complexity index is 221. The molecule has 2 nitrogen and oxygen atoms in total. The minimum atomic E-state index is 0.396. The molecule has 2 heteroatoms. The maximum Gasteiger partial charge on any atom is 0.0380 e. The monoisotopic (exact) mass is 164 g/mol. The fraction of sp³-hybridized carbons (Fsp3) is 0.400. The van der Waals surface area contributed by atoms with Gasteiger partial charge in [0, 0.05) is 25.3 Å². The number of anilines is 1. The zero-order chi connectivity index (χ0) is 8.97. The van der Waals surface area contributed by atoms with Gasteiger partial charge in [-0.3, -0.25) is 0 Å². The molecule has 0 radical (unpaired) electrons. The maximum atomic E-state index is 5.57. The molecule has 66 valence electrons. The van der Waals surface area contributed by atoms with Crippen LogP contribution in [0.2, 0.25) is 0 Å². The van der Waals surface area contributed by atoms with Gasteiger partial charge < -0.3 is 10.6 Å². The number of likely N-dealkylation sites (N-methyl/N-ethyl adjacent to an activating group) is 1. The van der Waals surface area contributed by atoms with Gasteiger partial charge in [0.05, 0.1) is 0 Å². The summed E-state index contributed by atoms with van der Waals surface area (Å²) in [5.41, 5.74) is 6.79. The summed E-state index contributed by atoms with van der Waals surface area (Å²) < 4.78 is 0. The van der Waals surface area contributed by atoms with Crippen LogP contribution < -0.4 is 10.6 Å². The van der Waals surface area contributed by atoms with E-state index in [1.165, 1.54) is 5.69 Å². The quantitative estimate of drug-likeness (QED) is 0.733. The van der Waals surface area contributed by atoms with Crippen molar-refractivity contribution in [3.63, 3.8) is 0 Å². The molecule has 0 spiro atoms. The number of hydrogen-bond donors (Lipinski definition) is 1. The van der Waals surface area contributed by atoms with E-state index in [4.69, 9.17) is 5.73 Å². The van der Waals surface area contributed by atoms with Crippen LogP contribution in [0.4, 0.5) is 5.69 Å². The molecular formula is C10H16N2. The minimum Gasteiger partial charge on any atom is -0.371 e. The SMILES string of the molecule is C[C@@H](CN)N(C)c1ccccc1. The van der Waals surface area contributed by atoms with Gasteiger partial charge in [-0.1, -0.05) is 18.2 Å². The summed E-state index contributed by atoms with van der Waals surface area (Å²) in [6.45, 7) is 2.80. The second-order valence-corrected chi connectivity index (χ2v) is 3.03. The molecule has 0 saturated carbocycles. The van der Waals surface area contributed by atoms with Gasteiger partial charge in [-0.05, 0) is 19.1 Å². The van der Waals surface area contributed by atoms with E-state index < -0.39 is 0 Å². The third kappa shape index (κ3) is 1.98. The Morgan fingerprint density at radius 3 is 2.42 bits per heavy atom. The third-order valence-electron chi connectivity index (χ3n) is 2.17. The van der Waals surface area contributed by atoms with Gasteiger partial charge in [0.2, 0.25) is 0 Å². The van der Waals surface area contributed by atoms with Gasteiger partial charge in [-0.2, -0.15) is 0 Å². The number of benzene rings is 1. The number of rotatable bonds is 3. The van der Waals surface area contributed by atoms with Crippen molar-refractivity contribution in [2.24, 2.45) is 5.73 Å². The highest BCUT2D eigenvalue weighted by Crippen LogP contribution is 2.12. The molecule has 0 fully saturated rings. The number of nitrogens with two attached hydrogens (primary N) is 1. The average Bonchev–Trinajstić information content (AvgIpc) is 2.17. The molecule has 1 aromatic carbocycles. The number of hydrogen-bond acceptors (Lipinski definition) is 2. The Morgan fingerprint density at radius 1 is 1.33 bits per heavy atom. The molecule has 0 unspecified atom stereocenters. The molecule has 12 heavy (non-hydrogen) atoms. The molecule has 0 aliphatic rings.